The van der Waals surface area contributed by atoms with E-state index in [-0.39, 0.29) is 30.2 Å². The van der Waals surface area contributed by atoms with Crippen molar-refractivity contribution in [1.29, 1.82) is 0 Å². The smallest absolute Gasteiger partial charge is 0.317 e. The Balaban J connectivity index is 1.62. The van der Waals surface area contributed by atoms with E-state index in [1.165, 1.54) is 0 Å². The maximum Gasteiger partial charge on any atom is 0.317 e. The van der Waals surface area contributed by atoms with Crippen LogP contribution >= 0.6 is 0 Å². The van der Waals surface area contributed by atoms with Gasteiger partial charge in [-0.05, 0) is 40.7 Å². The summed E-state index contributed by atoms with van der Waals surface area (Å²) in [6, 6.07) is 0.131. The van der Waals surface area contributed by atoms with E-state index >= 15 is 0 Å². The van der Waals surface area contributed by atoms with Crippen LogP contribution in [0.1, 0.15) is 33.6 Å². The van der Waals surface area contributed by atoms with Gasteiger partial charge in [-0.3, -0.25) is 0 Å². The minimum absolute atomic E-state index is 0.00521. The number of ether oxygens (including phenoxy) is 1. The molecule has 0 bridgehead atoms. The first kappa shape index (κ1) is 20.8. The van der Waals surface area contributed by atoms with Crippen LogP contribution in [0.4, 0.5) is 9.59 Å². The number of nitrogens with one attached hydrogen (secondary N) is 2. The van der Waals surface area contributed by atoms with Crippen molar-refractivity contribution < 1.29 is 14.3 Å². The summed E-state index contributed by atoms with van der Waals surface area (Å²) in [5.41, 5.74) is 0. The largest absolute Gasteiger partial charge is 0.376 e. The molecule has 2 rings (SSSR count). The first-order valence-electron chi connectivity index (χ1n) is 9.76. The van der Waals surface area contributed by atoms with Crippen LogP contribution in [0, 0.1) is 0 Å². The van der Waals surface area contributed by atoms with Crippen LogP contribution in [0.5, 0.6) is 0 Å². The van der Waals surface area contributed by atoms with E-state index in [0.717, 1.165) is 39.0 Å². The van der Waals surface area contributed by atoms with E-state index < -0.39 is 0 Å². The molecule has 0 saturated carbocycles. The van der Waals surface area contributed by atoms with Crippen molar-refractivity contribution in [2.75, 3.05) is 52.9 Å². The molecule has 1 unspecified atom stereocenters. The van der Waals surface area contributed by atoms with Gasteiger partial charge in [0.1, 0.15) is 0 Å². The third-order valence-corrected chi connectivity index (χ3v) is 4.88. The SMILES string of the molecule is CC(C)NC(=O)N1CCC(OCC(C)NC(=O)N2CCN(C)CC2)CC1. The Labute approximate surface area is 157 Å². The minimum atomic E-state index is -0.0237. The average Bonchev–Trinajstić information content (AvgIpc) is 2.60. The standard InChI is InChI=1S/C18H35N5O3/c1-14(2)19-17(24)22-7-5-16(6-8-22)26-13-15(3)20-18(25)23-11-9-21(4)10-12-23/h14-16H,5-13H2,1-4H3,(H,19,24)(H,20,25). The van der Waals surface area contributed by atoms with Crippen LogP contribution in [0.2, 0.25) is 0 Å². The van der Waals surface area contributed by atoms with Crippen molar-refractivity contribution in [3.63, 3.8) is 0 Å². The summed E-state index contributed by atoms with van der Waals surface area (Å²) in [7, 11) is 2.07. The van der Waals surface area contributed by atoms with Crippen LogP contribution in [-0.4, -0.2) is 97.9 Å². The second-order valence-corrected chi connectivity index (χ2v) is 7.76. The van der Waals surface area contributed by atoms with E-state index in [1.54, 1.807) is 0 Å². The van der Waals surface area contributed by atoms with E-state index in [9.17, 15) is 9.59 Å². The molecule has 2 aliphatic heterocycles. The molecule has 8 nitrogen and oxygen atoms in total. The quantitative estimate of drug-likeness (QED) is 0.756. The third kappa shape index (κ3) is 6.64. The summed E-state index contributed by atoms with van der Waals surface area (Å²) < 4.78 is 5.96. The first-order chi connectivity index (χ1) is 12.3. The van der Waals surface area contributed by atoms with E-state index in [0.29, 0.717) is 19.7 Å². The number of carbonyl (C=O) groups excluding carboxylic acids is 2. The fraction of sp³-hybridized carbons (Fsp3) is 0.889. The number of piperidine rings is 1. The van der Waals surface area contributed by atoms with Gasteiger partial charge in [-0.25, -0.2) is 9.59 Å². The van der Waals surface area contributed by atoms with Gasteiger partial charge >= 0.3 is 12.1 Å². The van der Waals surface area contributed by atoms with Crippen LogP contribution in [0.15, 0.2) is 0 Å². The van der Waals surface area contributed by atoms with Gasteiger partial charge in [-0.1, -0.05) is 0 Å². The Kier molecular flexibility index (Phi) is 7.96. The molecule has 2 N–H and O–H groups in total. The molecule has 0 aromatic carbocycles. The zero-order chi connectivity index (χ0) is 19.1. The number of hydrogen-bond acceptors (Lipinski definition) is 4. The second kappa shape index (κ2) is 9.97. The van der Waals surface area contributed by atoms with E-state index in [2.05, 4.69) is 22.6 Å². The second-order valence-electron chi connectivity index (χ2n) is 7.76. The fourth-order valence-electron chi connectivity index (χ4n) is 3.20. The van der Waals surface area contributed by atoms with E-state index in [4.69, 9.17) is 4.74 Å². The zero-order valence-corrected chi connectivity index (χ0v) is 16.7. The molecule has 0 spiro atoms. The number of nitrogens with zero attached hydrogens (tertiary/aromatic N) is 3. The molecule has 2 aliphatic rings. The van der Waals surface area contributed by atoms with Crippen molar-refractivity contribution in [2.45, 2.75) is 51.8 Å². The lowest BCUT2D eigenvalue weighted by Crippen LogP contribution is -2.53. The van der Waals surface area contributed by atoms with Crippen molar-refractivity contribution >= 4 is 12.1 Å². The first-order valence-corrected chi connectivity index (χ1v) is 9.76. The highest BCUT2D eigenvalue weighted by Crippen LogP contribution is 2.14. The molecule has 0 aliphatic carbocycles. The summed E-state index contributed by atoms with van der Waals surface area (Å²) in [5.74, 6) is 0. The van der Waals surface area contributed by atoms with Gasteiger partial charge in [0, 0.05) is 45.3 Å². The monoisotopic (exact) mass is 369 g/mol. The van der Waals surface area contributed by atoms with Gasteiger partial charge in [-0.15, -0.1) is 0 Å². The molecule has 1 atom stereocenters. The molecular formula is C18H35N5O3. The van der Waals surface area contributed by atoms with Gasteiger partial charge in [0.25, 0.3) is 0 Å². The minimum Gasteiger partial charge on any atom is -0.376 e. The van der Waals surface area contributed by atoms with Gasteiger partial charge in [0.15, 0.2) is 0 Å². The number of piperazine rings is 1. The number of rotatable bonds is 5. The molecule has 0 radical (unpaired) electrons. The van der Waals surface area contributed by atoms with Crippen LogP contribution < -0.4 is 10.6 Å². The lowest BCUT2D eigenvalue weighted by atomic mass is 10.1. The summed E-state index contributed by atoms with van der Waals surface area (Å²) in [5, 5.41) is 5.95. The number of likely N-dealkylation sites (N-methyl/N-ethyl adjacent to an activating group) is 1. The third-order valence-electron chi connectivity index (χ3n) is 4.88. The van der Waals surface area contributed by atoms with Gasteiger partial charge in [0.2, 0.25) is 0 Å². The van der Waals surface area contributed by atoms with Gasteiger partial charge in [0.05, 0.1) is 18.8 Å². The summed E-state index contributed by atoms with van der Waals surface area (Å²) in [4.78, 5) is 30.2. The Morgan fingerprint density at radius 1 is 0.923 bits per heavy atom. The summed E-state index contributed by atoms with van der Waals surface area (Å²) in [6.45, 7) is 11.2. The fourth-order valence-corrected chi connectivity index (χ4v) is 3.20. The number of carbonyl (C=O) groups is 2. The van der Waals surface area contributed by atoms with Crippen LogP contribution in [-0.2, 0) is 4.74 Å². The molecule has 26 heavy (non-hydrogen) atoms. The maximum absolute atomic E-state index is 12.3. The lowest BCUT2D eigenvalue weighted by molar-refractivity contribution is 0.00650. The molecule has 150 valence electrons. The number of hydrogen-bond donors (Lipinski definition) is 2. The molecule has 2 heterocycles. The highest BCUT2D eigenvalue weighted by Gasteiger charge is 2.25. The van der Waals surface area contributed by atoms with Crippen molar-refractivity contribution in [3.8, 4) is 0 Å². The lowest BCUT2D eigenvalue weighted by Gasteiger charge is -2.34. The molecule has 0 aromatic rings. The Hall–Kier alpha value is -1.54. The molecule has 2 saturated heterocycles. The Bertz CT molecular complexity index is 458. The summed E-state index contributed by atoms with van der Waals surface area (Å²) in [6.07, 6.45) is 1.83. The predicted octanol–water partition coefficient (Wildman–Crippen LogP) is 0.931. The Morgan fingerprint density at radius 3 is 2.04 bits per heavy atom. The van der Waals surface area contributed by atoms with E-state index in [1.807, 2.05) is 30.6 Å². The van der Waals surface area contributed by atoms with Gasteiger partial charge in [-0.2, -0.15) is 0 Å². The molecule has 0 aromatic heterocycles. The highest BCUT2D eigenvalue weighted by atomic mass is 16.5. The highest BCUT2D eigenvalue weighted by molar-refractivity contribution is 5.75. The normalized spacial score (nSPS) is 21.0. The van der Waals surface area contributed by atoms with Crippen molar-refractivity contribution in [2.24, 2.45) is 0 Å². The topological polar surface area (TPSA) is 77.2 Å². The predicted molar refractivity (Wildman–Crippen MR) is 101 cm³/mol. The number of likely N-dealkylation sites (tertiary alicyclic amines) is 1. The van der Waals surface area contributed by atoms with Crippen molar-refractivity contribution in [3.05, 3.63) is 0 Å². The molecular weight excluding hydrogens is 334 g/mol. The number of urea groups is 2. The van der Waals surface area contributed by atoms with Crippen LogP contribution in [0.25, 0.3) is 0 Å². The Morgan fingerprint density at radius 2 is 1.46 bits per heavy atom. The van der Waals surface area contributed by atoms with Crippen molar-refractivity contribution in [1.82, 2.24) is 25.3 Å². The van der Waals surface area contributed by atoms with Gasteiger partial charge < -0.3 is 30.1 Å². The summed E-state index contributed by atoms with van der Waals surface area (Å²) >= 11 is 0. The average molecular weight is 370 g/mol. The van der Waals surface area contributed by atoms with Crippen LogP contribution in [0.3, 0.4) is 0 Å². The molecule has 2 fully saturated rings. The molecule has 8 heteroatoms. The molecule has 4 amide bonds. The zero-order valence-electron chi connectivity index (χ0n) is 16.7. The maximum atomic E-state index is 12.3. The number of amides is 4.